The lowest BCUT2D eigenvalue weighted by Crippen LogP contribution is -2.30. The van der Waals surface area contributed by atoms with Gasteiger partial charge in [-0.1, -0.05) is 18.2 Å². The van der Waals surface area contributed by atoms with Gasteiger partial charge in [-0.25, -0.2) is 4.39 Å². The van der Waals surface area contributed by atoms with Crippen molar-refractivity contribution in [1.82, 2.24) is 4.90 Å². The van der Waals surface area contributed by atoms with E-state index in [2.05, 4.69) is 5.32 Å². The Bertz CT molecular complexity index is 912. The minimum absolute atomic E-state index is 0.182. The fourth-order valence-corrected chi connectivity index (χ4v) is 4.00. The van der Waals surface area contributed by atoms with E-state index >= 15 is 0 Å². The van der Waals surface area contributed by atoms with Crippen LogP contribution in [0.4, 0.5) is 10.1 Å². The third-order valence-electron chi connectivity index (χ3n) is 4.83. The van der Waals surface area contributed by atoms with Crippen molar-refractivity contribution in [1.29, 1.82) is 0 Å². The van der Waals surface area contributed by atoms with Gasteiger partial charge in [0.15, 0.2) is 0 Å². The minimum Gasteiger partial charge on any atom is -0.325 e. The SMILES string of the molecule is Cc1ccc(NC(=O)C(C)SCCCCN2C(=O)c3ccccc3C2=O)cc1F. The smallest absolute Gasteiger partial charge is 0.261 e. The van der Waals surface area contributed by atoms with Crippen molar-refractivity contribution < 1.29 is 18.8 Å². The Hall–Kier alpha value is -2.67. The van der Waals surface area contributed by atoms with Crippen LogP contribution in [0.5, 0.6) is 0 Å². The Morgan fingerprint density at radius 1 is 1.10 bits per heavy atom. The molecule has 3 amide bonds. The number of imide groups is 1. The molecule has 0 aromatic heterocycles. The van der Waals surface area contributed by atoms with Gasteiger partial charge >= 0.3 is 0 Å². The molecule has 0 saturated carbocycles. The maximum atomic E-state index is 13.6. The number of nitrogens with one attached hydrogen (secondary N) is 1. The first-order valence-electron chi connectivity index (χ1n) is 9.52. The number of fused-ring (bicyclic) bond motifs is 1. The number of nitrogens with zero attached hydrogens (tertiary/aromatic N) is 1. The summed E-state index contributed by atoms with van der Waals surface area (Å²) in [6, 6.07) is 11.5. The van der Waals surface area contributed by atoms with Crippen LogP contribution in [0.25, 0.3) is 0 Å². The summed E-state index contributed by atoms with van der Waals surface area (Å²) in [4.78, 5) is 38.1. The van der Waals surface area contributed by atoms with Crippen LogP contribution in [0.1, 0.15) is 46.0 Å². The molecule has 1 N–H and O–H groups in total. The molecule has 2 aromatic carbocycles. The number of unbranched alkanes of at least 4 members (excludes halogenated alkanes) is 1. The number of halogens is 1. The second-order valence-corrected chi connectivity index (χ2v) is 8.43. The molecule has 0 aliphatic carbocycles. The third kappa shape index (κ3) is 4.85. The largest absolute Gasteiger partial charge is 0.325 e. The van der Waals surface area contributed by atoms with E-state index in [4.69, 9.17) is 0 Å². The molecule has 1 aliphatic rings. The Labute approximate surface area is 173 Å². The first-order chi connectivity index (χ1) is 13.9. The first-order valence-corrected chi connectivity index (χ1v) is 10.6. The van der Waals surface area contributed by atoms with Crippen molar-refractivity contribution in [2.45, 2.75) is 31.9 Å². The van der Waals surface area contributed by atoms with Crippen LogP contribution >= 0.6 is 11.8 Å². The zero-order chi connectivity index (χ0) is 21.0. The minimum atomic E-state index is -0.351. The molecule has 0 saturated heterocycles. The number of hydrogen-bond acceptors (Lipinski definition) is 4. The standard InChI is InChI=1S/C22H23FN2O3S/c1-14-9-10-16(13-19(14)23)24-20(26)15(2)29-12-6-5-11-25-21(27)17-7-3-4-8-18(17)22(25)28/h3-4,7-10,13,15H,5-6,11-12H2,1-2H3,(H,24,26). The monoisotopic (exact) mass is 414 g/mol. The second-order valence-electron chi connectivity index (χ2n) is 6.98. The number of carbonyl (C=O) groups is 3. The summed E-state index contributed by atoms with van der Waals surface area (Å²) >= 11 is 1.49. The van der Waals surface area contributed by atoms with Gasteiger partial charge in [0.2, 0.25) is 5.91 Å². The van der Waals surface area contributed by atoms with Gasteiger partial charge in [-0.15, -0.1) is 11.8 Å². The fourth-order valence-electron chi connectivity index (χ4n) is 3.06. The zero-order valence-corrected chi connectivity index (χ0v) is 17.2. The van der Waals surface area contributed by atoms with Crippen LogP contribution < -0.4 is 5.32 Å². The normalized spacial score (nSPS) is 14.1. The van der Waals surface area contributed by atoms with E-state index < -0.39 is 0 Å². The van der Waals surface area contributed by atoms with Crippen LogP contribution in [0, 0.1) is 12.7 Å². The first kappa shape index (κ1) is 21.0. The molecule has 0 bridgehead atoms. The van der Waals surface area contributed by atoms with Crippen LogP contribution in [-0.4, -0.2) is 40.2 Å². The average Bonchev–Trinajstić information content (AvgIpc) is 2.95. The molecule has 1 atom stereocenters. The van der Waals surface area contributed by atoms with E-state index in [1.54, 1.807) is 50.2 Å². The molecule has 1 aliphatic heterocycles. The molecule has 3 rings (SSSR count). The van der Waals surface area contributed by atoms with Gasteiger partial charge in [0.1, 0.15) is 5.82 Å². The van der Waals surface area contributed by atoms with Gasteiger partial charge in [-0.2, -0.15) is 0 Å². The number of benzene rings is 2. The number of aryl methyl sites for hydroxylation is 1. The van der Waals surface area contributed by atoms with Crippen molar-refractivity contribution in [2.24, 2.45) is 0 Å². The maximum absolute atomic E-state index is 13.6. The summed E-state index contributed by atoms with van der Waals surface area (Å²) in [7, 11) is 0. The van der Waals surface area contributed by atoms with Crippen molar-refractivity contribution >= 4 is 35.2 Å². The molecule has 2 aromatic rings. The van der Waals surface area contributed by atoms with Crippen molar-refractivity contribution in [3.05, 3.63) is 65.0 Å². The summed E-state index contributed by atoms with van der Waals surface area (Å²) in [6.07, 6.45) is 1.45. The van der Waals surface area contributed by atoms with E-state index in [1.807, 2.05) is 0 Å². The van der Waals surface area contributed by atoms with Gasteiger partial charge in [-0.05, 0) is 62.3 Å². The lowest BCUT2D eigenvalue weighted by Gasteiger charge is -2.15. The van der Waals surface area contributed by atoms with Crippen LogP contribution in [-0.2, 0) is 4.79 Å². The van der Waals surface area contributed by atoms with E-state index in [0.717, 1.165) is 12.2 Å². The molecule has 0 spiro atoms. The summed E-state index contributed by atoms with van der Waals surface area (Å²) < 4.78 is 13.6. The van der Waals surface area contributed by atoms with Crippen LogP contribution in [0.3, 0.4) is 0 Å². The van der Waals surface area contributed by atoms with Gasteiger partial charge in [0.05, 0.1) is 16.4 Å². The van der Waals surface area contributed by atoms with Crippen molar-refractivity contribution in [3.63, 3.8) is 0 Å². The maximum Gasteiger partial charge on any atom is 0.261 e. The Morgan fingerprint density at radius 2 is 1.76 bits per heavy atom. The number of amides is 3. The van der Waals surface area contributed by atoms with Gasteiger partial charge in [0.25, 0.3) is 11.8 Å². The van der Waals surface area contributed by atoms with E-state index in [0.29, 0.717) is 35.3 Å². The highest BCUT2D eigenvalue weighted by atomic mass is 32.2. The Balaban J connectivity index is 1.39. The zero-order valence-electron chi connectivity index (χ0n) is 16.4. The van der Waals surface area contributed by atoms with E-state index in [1.165, 1.54) is 22.7 Å². The van der Waals surface area contributed by atoms with Gasteiger partial charge < -0.3 is 5.32 Å². The van der Waals surface area contributed by atoms with E-state index in [-0.39, 0.29) is 28.8 Å². The molecule has 0 fully saturated rings. The quantitative estimate of drug-likeness (QED) is 0.517. The summed E-state index contributed by atoms with van der Waals surface area (Å²) in [5, 5.41) is 2.43. The summed E-state index contributed by atoms with van der Waals surface area (Å²) in [6.45, 7) is 3.84. The summed E-state index contributed by atoms with van der Waals surface area (Å²) in [5.74, 6) is -0.289. The van der Waals surface area contributed by atoms with E-state index in [9.17, 15) is 18.8 Å². The fraction of sp³-hybridized carbons (Fsp3) is 0.318. The predicted octanol–water partition coefficient (Wildman–Crippen LogP) is 4.27. The molecular weight excluding hydrogens is 391 g/mol. The van der Waals surface area contributed by atoms with Crippen LogP contribution in [0.15, 0.2) is 42.5 Å². The summed E-state index contributed by atoms with van der Waals surface area (Å²) in [5.41, 5.74) is 1.90. The van der Waals surface area contributed by atoms with Gasteiger partial charge in [-0.3, -0.25) is 19.3 Å². The number of thioether (sulfide) groups is 1. The molecule has 0 radical (unpaired) electrons. The highest BCUT2D eigenvalue weighted by Crippen LogP contribution is 2.23. The molecule has 29 heavy (non-hydrogen) atoms. The molecule has 5 nitrogen and oxygen atoms in total. The number of hydrogen-bond donors (Lipinski definition) is 1. The van der Waals surface area contributed by atoms with Crippen molar-refractivity contribution in [3.8, 4) is 0 Å². The molecule has 152 valence electrons. The molecule has 7 heteroatoms. The average molecular weight is 415 g/mol. The second kappa shape index (κ2) is 9.22. The van der Waals surface area contributed by atoms with Crippen LogP contribution in [0.2, 0.25) is 0 Å². The number of anilines is 1. The molecule has 1 unspecified atom stereocenters. The Morgan fingerprint density at radius 3 is 2.38 bits per heavy atom. The lowest BCUT2D eigenvalue weighted by atomic mass is 10.1. The highest BCUT2D eigenvalue weighted by molar-refractivity contribution is 8.00. The molecule has 1 heterocycles. The Kier molecular flexibility index (Phi) is 6.69. The van der Waals surface area contributed by atoms with Crippen molar-refractivity contribution in [2.75, 3.05) is 17.6 Å². The van der Waals surface area contributed by atoms with Gasteiger partial charge in [0, 0.05) is 12.2 Å². The topological polar surface area (TPSA) is 66.5 Å². The predicted molar refractivity (Wildman–Crippen MR) is 113 cm³/mol. The third-order valence-corrected chi connectivity index (χ3v) is 6.07. The molecular formula is C22H23FN2O3S. The highest BCUT2D eigenvalue weighted by Gasteiger charge is 2.34. The lowest BCUT2D eigenvalue weighted by molar-refractivity contribution is -0.115. The number of carbonyl (C=O) groups excluding carboxylic acids is 3. The number of rotatable bonds is 8.